The third-order valence-corrected chi connectivity index (χ3v) is 11.4. The monoisotopic (exact) mass is 586 g/mol. The molecule has 2 heterocycles. The fourth-order valence-corrected chi connectivity index (χ4v) is 9.57. The van der Waals surface area contributed by atoms with E-state index < -0.39 is 0 Å². The molecule has 1 aromatic carbocycles. The molecule has 0 atom stereocenters. The van der Waals surface area contributed by atoms with Gasteiger partial charge in [0.1, 0.15) is 11.6 Å². The van der Waals surface area contributed by atoms with Gasteiger partial charge < -0.3 is 26.6 Å². The summed E-state index contributed by atoms with van der Waals surface area (Å²) in [5.74, 6) is 5.09. The maximum absolute atomic E-state index is 6.26. The van der Waals surface area contributed by atoms with Crippen molar-refractivity contribution in [2.75, 3.05) is 55.2 Å². The Morgan fingerprint density at radius 3 is 2.12 bits per heavy atom. The van der Waals surface area contributed by atoms with Gasteiger partial charge in [-0.2, -0.15) is 9.97 Å². The molecule has 0 unspecified atom stereocenters. The van der Waals surface area contributed by atoms with E-state index in [0.717, 1.165) is 75.4 Å². The molecule has 8 nitrogen and oxygen atoms in total. The molecule has 6 aliphatic rings. The van der Waals surface area contributed by atoms with Gasteiger partial charge in [-0.05, 0) is 99.8 Å². The van der Waals surface area contributed by atoms with Gasteiger partial charge in [-0.3, -0.25) is 4.90 Å². The van der Waals surface area contributed by atoms with Crippen molar-refractivity contribution in [2.45, 2.75) is 102 Å². The summed E-state index contributed by atoms with van der Waals surface area (Å²) in [6.07, 6.45) is 17.0. The van der Waals surface area contributed by atoms with Gasteiger partial charge in [-0.25, -0.2) is 0 Å². The van der Waals surface area contributed by atoms with E-state index in [1.165, 1.54) is 88.2 Å². The number of piperazine rings is 1. The molecule has 4 bridgehead atoms. The van der Waals surface area contributed by atoms with E-state index in [0.29, 0.717) is 23.8 Å². The van der Waals surface area contributed by atoms with Gasteiger partial charge in [0.25, 0.3) is 0 Å². The molecule has 8 rings (SSSR count). The molecular weight excluding hydrogens is 532 g/mol. The van der Waals surface area contributed by atoms with Gasteiger partial charge in [0.2, 0.25) is 5.95 Å². The number of nitrogens with two attached hydrogens (primary N) is 1. The second-order valence-electron chi connectivity index (χ2n) is 14.6. The third-order valence-electron chi connectivity index (χ3n) is 11.4. The summed E-state index contributed by atoms with van der Waals surface area (Å²) in [5, 5.41) is 10.8. The smallest absolute Gasteiger partial charge is 0.226 e. The van der Waals surface area contributed by atoms with E-state index in [9.17, 15) is 0 Å². The normalized spacial score (nSPS) is 29.3. The van der Waals surface area contributed by atoms with Crippen molar-refractivity contribution < 1.29 is 0 Å². The third kappa shape index (κ3) is 7.12. The Balaban J connectivity index is 0.848. The first kappa shape index (κ1) is 29.3. The van der Waals surface area contributed by atoms with Crippen LogP contribution in [0.25, 0.3) is 0 Å². The number of hydrogen-bond donors (Lipinski definition) is 4. The lowest BCUT2D eigenvalue weighted by atomic mass is 9.52. The first-order valence-electron chi connectivity index (χ1n) is 17.5. The van der Waals surface area contributed by atoms with Crippen LogP contribution < -0.4 is 26.6 Å². The maximum atomic E-state index is 6.26. The van der Waals surface area contributed by atoms with Crippen LogP contribution >= 0.6 is 0 Å². The molecule has 1 aliphatic heterocycles. The molecule has 5 aliphatic carbocycles. The predicted molar refractivity (Wildman–Crippen MR) is 176 cm³/mol. The van der Waals surface area contributed by atoms with E-state index >= 15 is 0 Å². The second-order valence-corrected chi connectivity index (χ2v) is 14.6. The predicted octanol–water partition coefficient (Wildman–Crippen LogP) is 5.16. The molecule has 43 heavy (non-hydrogen) atoms. The number of benzene rings is 1. The van der Waals surface area contributed by atoms with E-state index in [1.54, 1.807) is 0 Å². The number of anilines is 3. The Labute approximate surface area is 259 Å². The Hall–Kier alpha value is -2.42. The Morgan fingerprint density at radius 1 is 0.791 bits per heavy atom. The van der Waals surface area contributed by atoms with Crippen LogP contribution in [0.2, 0.25) is 0 Å². The van der Waals surface area contributed by atoms with Crippen LogP contribution in [0.1, 0.15) is 88.2 Å². The van der Waals surface area contributed by atoms with Crippen LogP contribution in [-0.2, 0) is 13.1 Å². The average molecular weight is 587 g/mol. The highest BCUT2D eigenvalue weighted by Crippen LogP contribution is 2.57. The quantitative estimate of drug-likeness (QED) is 0.253. The molecule has 0 amide bonds. The Bertz CT molecular complexity index is 1150. The molecule has 8 heteroatoms. The number of hydrogen-bond acceptors (Lipinski definition) is 8. The van der Waals surface area contributed by atoms with Gasteiger partial charge in [-0.15, -0.1) is 0 Å². The molecule has 234 valence electrons. The zero-order valence-electron chi connectivity index (χ0n) is 26.2. The van der Waals surface area contributed by atoms with Crippen molar-refractivity contribution in [3.8, 4) is 0 Å². The van der Waals surface area contributed by atoms with Crippen LogP contribution in [0.3, 0.4) is 0 Å². The summed E-state index contributed by atoms with van der Waals surface area (Å²) in [7, 11) is 0. The zero-order chi connectivity index (χ0) is 29.1. The minimum Gasteiger partial charge on any atom is -0.383 e. The lowest BCUT2D eigenvalue weighted by molar-refractivity contribution is -0.0901. The molecule has 5 N–H and O–H groups in total. The number of nitrogen functional groups attached to an aromatic ring is 1. The molecule has 1 aromatic heterocycles. The number of aromatic nitrogens is 2. The van der Waals surface area contributed by atoms with Crippen molar-refractivity contribution in [2.24, 2.45) is 17.8 Å². The van der Waals surface area contributed by atoms with Gasteiger partial charge >= 0.3 is 0 Å². The van der Waals surface area contributed by atoms with E-state index in [-0.39, 0.29) is 0 Å². The Morgan fingerprint density at radius 2 is 1.44 bits per heavy atom. The van der Waals surface area contributed by atoms with E-state index in [2.05, 4.69) is 55.0 Å². The van der Waals surface area contributed by atoms with Crippen LogP contribution in [0.5, 0.6) is 0 Å². The van der Waals surface area contributed by atoms with Crippen molar-refractivity contribution >= 4 is 17.6 Å². The second kappa shape index (κ2) is 13.3. The van der Waals surface area contributed by atoms with E-state index in [1.807, 2.05) is 6.07 Å². The van der Waals surface area contributed by atoms with Gasteiger partial charge in [0.15, 0.2) is 0 Å². The molecular formula is C35H54N8. The molecule has 0 spiro atoms. The van der Waals surface area contributed by atoms with Gasteiger partial charge in [0, 0.05) is 56.9 Å². The summed E-state index contributed by atoms with van der Waals surface area (Å²) in [4.78, 5) is 14.7. The van der Waals surface area contributed by atoms with Gasteiger partial charge in [-0.1, -0.05) is 43.5 Å². The average Bonchev–Trinajstić information content (AvgIpc) is 3.02. The van der Waals surface area contributed by atoms with Crippen molar-refractivity contribution in [3.05, 3.63) is 41.5 Å². The van der Waals surface area contributed by atoms with Crippen LogP contribution in [0, 0.1) is 17.8 Å². The summed E-state index contributed by atoms with van der Waals surface area (Å²) in [6, 6.07) is 11.5. The highest BCUT2D eigenvalue weighted by molar-refractivity contribution is 5.52. The zero-order valence-corrected chi connectivity index (χ0v) is 26.2. The summed E-state index contributed by atoms with van der Waals surface area (Å²) in [6.45, 7) is 8.07. The SMILES string of the molecule is Nc1cc(N2CCN(C34CC5CC(CC(C5)C3)C4)CC2)nc(NCc2ccc(CNCCCNC3CCCCC3)cc2)n1. The summed E-state index contributed by atoms with van der Waals surface area (Å²) in [5.41, 5.74) is 9.29. The van der Waals surface area contributed by atoms with Crippen molar-refractivity contribution in [3.63, 3.8) is 0 Å². The molecule has 2 aromatic rings. The minimum absolute atomic E-state index is 0.496. The molecule has 5 saturated carbocycles. The molecule has 1 saturated heterocycles. The standard InChI is InChI=1S/C35H54N8/c36-32-20-33(42-13-15-43(16-14-42)35-21-28-17-29(22-35)19-30(18-28)23-35)41-34(40-32)39-25-27-9-7-26(8-10-27)24-37-11-4-12-38-31-5-2-1-3-6-31/h7-10,20,28-31,37-38H,1-6,11-19,21-25H2,(H3,36,39,40,41). The van der Waals surface area contributed by atoms with Gasteiger partial charge in [0.05, 0.1) is 0 Å². The highest BCUT2D eigenvalue weighted by atomic mass is 15.3. The lowest BCUT2D eigenvalue weighted by Gasteiger charge is -2.61. The van der Waals surface area contributed by atoms with Crippen LogP contribution in [0.4, 0.5) is 17.6 Å². The topological polar surface area (TPSA) is 94.4 Å². The maximum Gasteiger partial charge on any atom is 0.226 e. The number of rotatable bonds is 12. The number of nitrogens with zero attached hydrogens (tertiary/aromatic N) is 4. The van der Waals surface area contributed by atoms with Crippen LogP contribution in [0.15, 0.2) is 30.3 Å². The minimum atomic E-state index is 0.496. The first-order valence-corrected chi connectivity index (χ1v) is 17.5. The fraction of sp³-hybridized carbons (Fsp3) is 0.714. The van der Waals surface area contributed by atoms with E-state index in [4.69, 9.17) is 10.7 Å². The molecule has 0 radical (unpaired) electrons. The first-order chi connectivity index (χ1) is 21.1. The molecule has 6 fully saturated rings. The Kier molecular flexibility index (Phi) is 9.06. The number of nitrogens with one attached hydrogen (secondary N) is 3. The summed E-state index contributed by atoms with van der Waals surface area (Å²) >= 11 is 0. The largest absolute Gasteiger partial charge is 0.383 e. The van der Waals surface area contributed by atoms with Crippen molar-refractivity contribution in [1.82, 2.24) is 25.5 Å². The van der Waals surface area contributed by atoms with Crippen molar-refractivity contribution in [1.29, 1.82) is 0 Å². The lowest BCUT2D eigenvalue weighted by Crippen LogP contribution is -2.64. The van der Waals surface area contributed by atoms with Crippen LogP contribution in [-0.4, -0.2) is 65.7 Å². The summed E-state index contributed by atoms with van der Waals surface area (Å²) < 4.78 is 0. The fourth-order valence-electron chi connectivity index (χ4n) is 9.57. The highest BCUT2D eigenvalue weighted by Gasteiger charge is 2.53.